The molecule has 1 heteroatoms. The summed E-state index contributed by atoms with van der Waals surface area (Å²) < 4.78 is 0. The average molecular weight is 290 g/mol. The van der Waals surface area contributed by atoms with Crippen LogP contribution in [0.2, 0.25) is 0 Å². The fourth-order valence-corrected chi connectivity index (χ4v) is 1.90. The summed E-state index contributed by atoms with van der Waals surface area (Å²) in [5, 5.41) is 9.63. The second kappa shape index (κ2) is 17.0. The predicted octanol–water partition coefficient (Wildman–Crippen LogP) is 6.12. The van der Waals surface area contributed by atoms with Gasteiger partial charge in [0, 0.05) is 0 Å². The molecule has 0 saturated heterocycles. The minimum atomic E-state index is -0.266. The first-order chi connectivity index (χ1) is 10.3. The molecule has 0 radical (unpaired) electrons. The van der Waals surface area contributed by atoms with Gasteiger partial charge in [0.25, 0.3) is 0 Å². The van der Waals surface area contributed by atoms with E-state index >= 15 is 0 Å². The van der Waals surface area contributed by atoms with Crippen molar-refractivity contribution in [2.24, 2.45) is 0 Å². The van der Waals surface area contributed by atoms with Gasteiger partial charge in [0.05, 0.1) is 6.10 Å². The number of allylic oxidation sites excluding steroid dienone is 7. The van der Waals surface area contributed by atoms with Crippen LogP contribution < -0.4 is 0 Å². The van der Waals surface area contributed by atoms with Gasteiger partial charge in [-0.3, -0.25) is 0 Å². The van der Waals surface area contributed by atoms with Gasteiger partial charge in [-0.05, 0) is 32.1 Å². The van der Waals surface area contributed by atoms with Crippen LogP contribution in [0, 0.1) is 0 Å². The van der Waals surface area contributed by atoms with Gasteiger partial charge < -0.3 is 5.11 Å². The highest BCUT2D eigenvalue weighted by Crippen LogP contribution is 2.02. The molecule has 1 unspecified atom stereocenters. The number of aliphatic hydroxyl groups excluding tert-OH is 1. The molecule has 0 spiro atoms. The molecule has 0 fully saturated rings. The van der Waals surface area contributed by atoms with Crippen LogP contribution in [0.5, 0.6) is 0 Å². The number of aliphatic hydroxyl groups is 1. The molecular weight excluding hydrogens is 256 g/mol. The Hall–Kier alpha value is -1.08. The van der Waals surface area contributed by atoms with Crippen molar-refractivity contribution in [2.45, 2.75) is 77.7 Å². The molecule has 21 heavy (non-hydrogen) atoms. The Morgan fingerprint density at radius 2 is 1.24 bits per heavy atom. The average Bonchev–Trinajstić information content (AvgIpc) is 2.49. The van der Waals surface area contributed by atoms with Crippen LogP contribution in [-0.4, -0.2) is 11.2 Å². The van der Waals surface area contributed by atoms with Gasteiger partial charge >= 0.3 is 0 Å². The van der Waals surface area contributed by atoms with Crippen LogP contribution in [-0.2, 0) is 0 Å². The minimum Gasteiger partial charge on any atom is -0.389 e. The molecule has 1 nitrogen and oxygen atoms in total. The van der Waals surface area contributed by atoms with Crippen molar-refractivity contribution in [2.75, 3.05) is 0 Å². The zero-order valence-electron chi connectivity index (χ0n) is 14.0. The lowest BCUT2D eigenvalue weighted by Gasteiger charge is -2.02. The fraction of sp³-hybridized carbons (Fsp3) is 0.600. The van der Waals surface area contributed by atoms with E-state index in [0.717, 1.165) is 38.5 Å². The summed E-state index contributed by atoms with van der Waals surface area (Å²) in [5.41, 5.74) is 0. The van der Waals surface area contributed by atoms with Crippen LogP contribution >= 0.6 is 0 Å². The quantitative estimate of drug-likeness (QED) is 0.320. The summed E-state index contributed by atoms with van der Waals surface area (Å²) in [7, 11) is 0. The molecule has 0 aliphatic heterocycles. The SMILES string of the molecule is CCCC/C=C\C/C=C\C/C=C\C/C=C\C(O)CCCC. The first kappa shape index (κ1) is 19.9. The minimum absolute atomic E-state index is 0.266. The Balaban J connectivity index is 3.51. The number of hydrogen-bond acceptors (Lipinski definition) is 1. The third kappa shape index (κ3) is 16.9. The zero-order valence-corrected chi connectivity index (χ0v) is 14.0. The van der Waals surface area contributed by atoms with E-state index in [1.807, 2.05) is 6.08 Å². The van der Waals surface area contributed by atoms with Crippen LogP contribution in [0.3, 0.4) is 0 Å². The predicted molar refractivity (Wildman–Crippen MR) is 95.5 cm³/mol. The molecule has 0 bridgehead atoms. The van der Waals surface area contributed by atoms with Crippen molar-refractivity contribution in [3.8, 4) is 0 Å². The summed E-state index contributed by atoms with van der Waals surface area (Å²) in [4.78, 5) is 0. The molecule has 0 saturated carbocycles. The second-order valence-corrected chi connectivity index (χ2v) is 5.40. The van der Waals surface area contributed by atoms with Gasteiger partial charge in [0.2, 0.25) is 0 Å². The highest BCUT2D eigenvalue weighted by molar-refractivity contribution is 5.00. The Kier molecular flexibility index (Phi) is 16.1. The van der Waals surface area contributed by atoms with Crippen molar-refractivity contribution in [3.63, 3.8) is 0 Å². The normalized spacial score (nSPS) is 14.2. The molecule has 120 valence electrons. The van der Waals surface area contributed by atoms with Gasteiger partial charge in [0.15, 0.2) is 0 Å². The lowest BCUT2D eigenvalue weighted by molar-refractivity contribution is 0.209. The standard InChI is InChI=1S/C20H34O/c1-3-5-7-8-9-10-11-12-13-14-15-16-17-19-20(21)18-6-4-2/h8-9,11-12,14-15,17,19-21H,3-7,10,13,16,18H2,1-2H3/b9-8-,12-11-,15-14-,19-17-. The monoisotopic (exact) mass is 290 g/mol. The van der Waals surface area contributed by atoms with E-state index in [0.29, 0.717) is 0 Å². The first-order valence-electron chi connectivity index (χ1n) is 8.61. The van der Waals surface area contributed by atoms with Crippen molar-refractivity contribution in [1.82, 2.24) is 0 Å². The van der Waals surface area contributed by atoms with Crippen molar-refractivity contribution < 1.29 is 5.11 Å². The van der Waals surface area contributed by atoms with E-state index in [2.05, 4.69) is 56.4 Å². The van der Waals surface area contributed by atoms with Gasteiger partial charge in [-0.2, -0.15) is 0 Å². The molecule has 0 rings (SSSR count). The molecule has 0 amide bonds. The molecule has 0 aromatic heterocycles. The van der Waals surface area contributed by atoms with Crippen molar-refractivity contribution in [1.29, 1.82) is 0 Å². The highest BCUT2D eigenvalue weighted by atomic mass is 16.3. The summed E-state index contributed by atoms with van der Waals surface area (Å²) in [6, 6.07) is 0. The maximum Gasteiger partial charge on any atom is 0.0721 e. The summed E-state index contributed by atoms with van der Waals surface area (Å²) >= 11 is 0. The van der Waals surface area contributed by atoms with E-state index in [-0.39, 0.29) is 6.10 Å². The summed E-state index contributed by atoms with van der Waals surface area (Å²) in [5.74, 6) is 0. The summed E-state index contributed by atoms with van der Waals surface area (Å²) in [6.45, 7) is 4.37. The third-order valence-corrected chi connectivity index (χ3v) is 3.25. The Morgan fingerprint density at radius 1 is 0.714 bits per heavy atom. The van der Waals surface area contributed by atoms with Gasteiger partial charge in [0.1, 0.15) is 0 Å². The smallest absolute Gasteiger partial charge is 0.0721 e. The maximum atomic E-state index is 9.63. The number of hydrogen-bond donors (Lipinski definition) is 1. The van der Waals surface area contributed by atoms with Crippen LogP contribution in [0.4, 0.5) is 0 Å². The van der Waals surface area contributed by atoms with Crippen molar-refractivity contribution in [3.05, 3.63) is 48.6 Å². The molecule has 0 aliphatic rings. The van der Waals surface area contributed by atoms with Crippen molar-refractivity contribution >= 4 is 0 Å². The molecule has 0 aromatic carbocycles. The van der Waals surface area contributed by atoms with Gasteiger partial charge in [-0.1, -0.05) is 88.1 Å². The fourth-order valence-electron chi connectivity index (χ4n) is 1.90. The van der Waals surface area contributed by atoms with E-state index in [1.54, 1.807) is 0 Å². The Labute approximate surface area is 132 Å². The maximum absolute atomic E-state index is 9.63. The molecule has 0 heterocycles. The zero-order chi connectivity index (χ0) is 15.6. The molecular formula is C20H34O. The lowest BCUT2D eigenvalue weighted by Crippen LogP contribution is -2.00. The number of unbranched alkanes of at least 4 members (excludes halogenated alkanes) is 3. The van der Waals surface area contributed by atoms with E-state index in [1.165, 1.54) is 19.3 Å². The molecule has 0 aromatic rings. The summed E-state index contributed by atoms with van der Waals surface area (Å²) in [6.07, 6.45) is 26.8. The Morgan fingerprint density at radius 3 is 1.81 bits per heavy atom. The molecule has 0 aliphatic carbocycles. The van der Waals surface area contributed by atoms with Crippen LogP contribution in [0.25, 0.3) is 0 Å². The Bertz CT molecular complexity index is 310. The van der Waals surface area contributed by atoms with E-state index in [4.69, 9.17) is 0 Å². The van der Waals surface area contributed by atoms with Crippen LogP contribution in [0.15, 0.2) is 48.6 Å². The molecule has 1 atom stereocenters. The van der Waals surface area contributed by atoms with E-state index < -0.39 is 0 Å². The van der Waals surface area contributed by atoms with Gasteiger partial charge in [-0.15, -0.1) is 0 Å². The lowest BCUT2D eigenvalue weighted by atomic mass is 10.1. The van der Waals surface area contributed by atoms with Gasteiger partial charge in [-0.25, -0.2) is 0 Å². The first-order valence-corrected chi connectivity index (χ1v) is 8.61. The highest BCUT2D eigenvalue weighted by Gasteiger charge is 1.95. The van der Waals surface area contributed by atoms with Crippen LogP contribution in [0.1, 0.15) is 71.6 Å². The number of rotatable bonds is 13. The third-order valence-electron chi connectivity index (χ3n) is 3.25. The van der Waals surface area contributed by atoms with E-state index in [9.17, 15) is 5.11 Å². The largest absolute Gasteiger partial charge is 0.389 e. The second-order valence-electron chi connectivity index (χ2n) is 5.40. The molecule has 1 N–H and O–H groups in total. The topological polar surface area (TPSA) is 20.2 Å².